The first-order chi connectivity index (χ1) is 5.65. The molecule has 1 rings (SSSR count). The van der Waals surface area contributed by atoms with Crippen molar-refractivity contribution in [1.29, 1.82) is 5.26 Å². The fourth-order valence-electron chi connectivity index (χ4n) is 0.952. The highest BCUT2D eigenvalue weighted by atomic mass is 35.5. The quantitative estimate of drug-likeness (QED) is 0.675. The smallest absolute Gasteiger partial charge is 0.0669 e. The lowest BCUT2D eigenvalue weighted by Crippen LogP contribution is -1.93. The van der Waals surface area contributed by atoms with E-state index in [1.807, 2.05) is 13.0 Å². The fourth-order valence-corrected chi connectivity index (χ4v) is 1.20. The molecule has 0 unspecified atom stereocenters. The van der Waals surface area contributed by atoms with E-state index in [4.69, 9.17) is 22.6 Å². The SMILES string of the molecule is Cc1c(N)cc(CC#N)cc1Cl. The maximum atomic E-state index is 8.44. The molecule has 0 radical (unpaired) electrons. The average molecular weight is 181 g/mol. The van der Waals surface area contributed by atoms with Crippen LogP contribution >= 0.6 is 11.6 Å². The molecule has 62 valence electrons. The molecule has 0 bridgehead atoms. The van der Waals surface area contributed by atoms with Gasteiger partial charge in [0.2, 0.25) is 0 Å². The molecular weight excluding hydrogens is 172 g/mol. The molecule has 0 aliphatic heterocycles. The highest BCUT2D eigenvalue weighted by Crippen LogP contribution is 2.23. The second-order valence-corrected chi connectivity index (χ2v) is 3.03. The molecule has 1 aromatic rings. The third-order valence-corrected chi connectivity index (χ3v) is 2.12. The second-order valence-electron chi connectivity index (χ2n) is 2.63. The summed E-state index contributed by atoms with van der Waals surface area (Å²) < 4.78 is 0. The first-order valence-electron chi connectivity index (χ1n) is 3.56. The van der Waals surface area contributed by atoms with Crippen molar-refractivity contribution in [2.45, 2.75) is 13.3 Å². The normalized spacial score (nSPS) is 9.42. The Morgan fingerprint density at radius 1 is 1.58 bits per heavy atom. The number of nitrogens with zero attached hydrogens (tertiary/aromatic N) is 1. The van der Waals surface area contributed by atoms with E-state index >= 15 is 0 Å². The van der Waals surface area contributed by atoms with Gasteiger partial charge in [-0.15, -0.1) is 0 Å². The number of anilines is 1. The first-order valence-corrected chi connectivity index (χ1v) is 3.94. The maximum absolute atomic E-state index is 8.44. The van der Waals surface area contributed by atoms with Gasteiger partial charge in [0.05, 0.1) is 12.5 Å². The summed E-state index contributed by atoms with van der Waals surface area (Å²) in [7, 11) is 0. The Bertz CT molecular complexity index is 316. The highest BCUT2D eigenvalue weighted by Gasteiger charge is 2.01. The molecule has 0 aliphatic carbocycles. The number of rotatable bonds is 1. The number of nitrogen functional groups attached to an aromatic ring is 1. The molecule has 2 N–H and O–H groups in total. The second kappa shape index (κ2) is 3.46. The van der Waals surface area contributed by atoms with Crippen molar-refractivity contribution >= 4 is 17.3 Å². The van der Waals surface area contributed by atoms with Crippen molar-refractivity contribution in [2.24, 2.45) is 0 Å². The van der Waals surface area contributed by atoms with Gasteiger partial charge in [-0.2, -0.15) is 5.26 Å². The minimum Gasteiger partial charge on any atom is -0.398 e. The summed E-state index contributed by atoms with van der Waals surface area (Å²) >= 11 is 5.87. The lowest BCUT2D eigenvalue weighted by molar-refractivity contribution is 1.25. The van der Waals surface area contributed by atoms with Gasteiger partial charge in [0.1, 0.15) is 0 Å². The molecule has 0 aromatic heterocycles. The van der Waals surface area contributed by atoms with Crippen molar-refractivity contribution in [3.63, 3.8) is 0 Å². The standard InChI is InChI=1S/C9H9ClN2/c1-6-8(10)4-7(2-3-11)5-9(6)12/h4-5H,2,12H2,1H3. The zero-order chi connectivity index (χ0) is 9.14. The van der Waals surface area contributed by atoms with Crippen LogP contribution in [0.1, 0.15) is 11.1 Å². The van der Waals surface area contributed by atoms with Crippen LogP contribution in [-0.2, 0) is 6.42 Å². The summed E-state index contributed by atoms with van der Waals surface area (Å²) in [6, 6.07) is 5.60. The molecule has 0 saturated heterocycles. The summed E-state index contributed by atoms with van der Waals surface area (Å²) in [4.78, 5) is 0. The van der Waals surface area contributed by atoms with Gasteiger partial charge >= 0.3 is 0 Å². The molecule has 2 nitrogen and oxygen atoms in total. The van der Waals surface area contributed by atoms with E-state index in [1.165, 1.54) is 0 Å². The summed E-state index contributed by atoms with van der Waals surface area (Å²) in [5.41, 5.74) is 8.04. The van der Waals surface area contributed by atoms with Gasteiger partial charge in [-0.05, 0) is 30.2 Å². The molecule has 0 saturated carbocycles. The van der Waals surface area contributed by atoms with Gasteiger partial charge < -0.3 is 5.73 Å². The third-order valence-electron chi connectivity index (χ3n) is 1.73. The van der Waals surface area contributed by atoms with E-state index in [1.54, 1.807) is 12.1 Å². The average Bonchev–Trinajstić information content (AvgIpc) is 2.01. The minimum absolute atomic E-state index is 0.351. The van der Waals surface area contributed by atoms with E-state index in [0.717, 1.165) is 11.1 Å². The van der Waals surface area contributed by atoms with Crippen LogP contribution < -0.4 is 5.73 Å². The van der Waals surface area contributed by atoms with Crippen molar-refractivity contribution in [3.05, 3.63) is 28.3 Å². The summed E-state index contributed by atoms with van der Waals surface area (Å²) in [6.45, 7) is 1.85. The first kappa shape index (κ1) is 8.89. The molecule has 3 heteroatoms. The molecule has 12 heavy (non-hydrogen) atoms. The highest BCUT2D eigenvalue weighted by molar-refractivity contribution is 6.31. The summed E-state index contributed by atoms with van der Waals surface area (Å²) in [5.74, 6) is 0. The van der Waals surface area contributed by atoms with Gasteiger partial charge in [0.15, 0.2) is 0 Å². The van der Waals surface area contributed by atoms with Gasteiger partial charge in [0.25, 0.3) is 0 Å². The predicted octanol–water partition coefficient (Wildman–Crippen LogP) is 2.30. The van der Waals surface area contributed by atoms with Crippen LogP contribution in [-0.4, -0.2) is 0 Å². The van der Waals surface area contributed by atoms with Crippen LogP contribution in [0, 0.1) is 18.3 Å². The van der Waals surface area contributed by atoms with Gasteiger partial charge in [-0.25, -0.2) is 0 Å². The van der Waals surface area contributed by atoms with Crippen LogP contribution in [0.25, 0.3) is 0 Å². The molecule has 0 spiro atoms. The van der Waals surface area contributed by atoms with Gasteiger partial charge in [-0.1, -0.05) is 11.6 Å². The number of nitriles is 1. The Kier molecular flexibility index (Phi) is 2.57. The van der Waals surface area contributed by atoms with E-state index in [-0.39, 0.29) is 0 Å². The Balaban J connectivity index is 3.14. The minimum atomic E-state index is 0.351. The fraction of sp³-hybridized carbons (Fsp3) is 0.222. The Morgan fingerprint density at radius 2 is 2.25 bits per heavy atom. The van der Waals surface area contributed by atoms with E-state index < -0.39 is 0 Å². The Labute approximate surface area is 76.6 Å². The number of halogens is 1. The zero-order valence-corrected chi connectivity index (χ0v) is 7.52. The van der Waals surface area contributed by atoms with Crippen LogP contribution in [0.5, 0.6) is 0 Å². The zero-order valence-electron chi connectivity index (χ0n) is 6.76. The van der Waals surface area contributed by atoms with Gasteiger partial charge in [0, 0.05) is 10.7 Å². The van der Waals surface area contributed by atoms with Crippen molar-refractivity contribution in [2.75, 3.05) is 5.73 Å². The topological polar surface area (TPSA) is 49.8 Å². The monoisotopic (exact) mass is 180 g/mol. The molecule has 0 fully saturated rings. The number of hydrogen-bond acceptors (Lipinski definition) is 2. The number of benzene rings is 1. The van der Waals surface area contributed by atoms with Gasteiger partial charge in [-0.3, -0.25) is 0 Å². The largest absolute Gasteiger partial charge is 0.398 e. The predicted molar refractivity (Wildman–Crippen MR) is 49.9 cm³/mol. The van der Waals surface area contributed by atoms with Crippen LogP contribution in [0.3, 0.4) is 0 Å². The molecule has 0 aliphatic rings. The van der Waals surface area contributed by atoms with Crippen LogP contribution in [0.2, 0.25) is 5.02 Å². The summed E-state index contributed by atoms with van der Waals surface area (Å²) in [6.07, 6.45) is 0.351. The van der Waals surface area contributed by atoms with E-state index in [9.17, 15) is 0 Å². The molecular formula is C9H9ClN2. The Morgan fingerprint density at radius 3 is 2.75 bits per heavy atom. The lowest BCUT2D eigenvalue weighted by Gasteiger charge is -2.04. The van der Waals surface area contributed by atoms with Crippen LogP contribution in [0.4, 0.5) is 5.69 Å². The molecule has 0 atom stereocenters. The third kappa shape index (κ3) is 1.69. The molecule has 1 aromatic carbocycles. The Hall–Kier alpha value is -1.20. The van der Waals surface area contributed by atoms with Crippen molar-refractivity contribution in [3.8, 4) is 6.07 Å². The van der Waals surface area contributed by atoms with E-state index in [2.05, 4.69) is 0 Å². The van der Waals surface area contributed by atoms with Crippen molar-refractivity contribution < 1.29 is 0 Å². The maximum Gasteiger partial charge on any atom is 0.0669 e. The number of nitrogens with two attached hydrogens (primary N) is 1. The van der Waals surface area contributed by atoms with Crippen LogP contribution in [0.15, 0.2) is 12.1 Å². The lowest BCUT2D eigenvalue weighted by atomic mass is 10.1. The summed E-state index contributed by atoms with van der Waals surface area (Å²) in [5, 5.41) is 9.06. The molecule has 0 heterocycles. The number of hydrogen-bond donors (Lipinski definition) is 1. The van der Waals surface area contributed by atoms with Crippen molar-refractivity contribution in [1.82, 2.24) is 0 Å². The molecule has 0 amide bonds. The van der Waals surface area contributed by atoms with E-state index in [0.29, 0.717) is 17.1 Å².